The van der Waals surface area contributed by atoms with E-state index in [-0.39, 0.29) is 5.91 Å². The molecule has 1 aromatic carbocycles. The number of carbonyl (C=O) groups excluding carboxylic acids is 1. The molecule has 0 aliphatic rings. The van der Waals surface area contributed by atoms with Gasteiger partial charge in [0.1, 0.15) is 11.5 Å². The molecular formula is C16H20N2O2S. The van der Waals surface area contributed by atoms with Crippen molar-refractivity contribution in [2.24, 2.45) is 0 Å². The first-order valence-electron chi connectivity index (χ1n) is 6.74. The Bertz CT molecular complexity index is 637. The van der Waals surface area contributed by atoms with E-state index in [4.69, 9.17) is 10.2 Å². The number of nitrogens with zero attached hydrogens (tertiary/aromatic N) is 1. The minimum absolute atomic E-state index is 0.0509. The van der Waals surface area contributed by atoms with Gasteiger partial charge in [-0.3, -0.25) is 4.79 Å². The van der Waals surface area contributed by atoms with Crippen molar-refractivity contribution in [3.63, 3.8) is 0 Å². The second-order valence-electron chi connectivity index (χ2n) is 5.04. The lowest BCUT2D eigenvalue weighted by Gasteiger charge is -2.16. The van der Waals surface area contributed by atoms with Gasteiger partial charge < -0.3 is 15.1 Å². The third-order valence-corrected chi connectivity index (χ3v) is 4.31. The number of amides is 1. The number of para-hydroxylation sites is 1. The minimum Gasteiger partial charge on any atom is -0.464 e. The molecule has 2 aromatic rings. The Balaban J connectivity index is 1.90. The Kier molecular flexibility index (Phi) is 4.96. The lowest BCUT2D eigenvalue weighted by molar-refractivity contribution is -0.127. The smallest absolute Gasteiger partial charge is 0.233 e. The van der Waals surface area contributed by atoms with Crippen molar-refractivity contribution in [2.75, 3.05) is 18.5 Å². The summed E-state index contributed by atoms with van der Waals surface area (Å²) < 4.78 is 5.48. The van der Waals surface area contributed by atoms with Crippen LogP contribution in [0.4, 0.5) is 5.69 Å². The molecule has 0 aliphatic carbocycles. The number of furan rings is 1. The molecule has 2 N–H and O–H groups in total. The van der Waals surface area contributed by atoms with Gasteiger partial charge in [0, 0.05) is 17.6 Å². The molecule has 0 saturated carbocycles. The number of rotatable bonds is 5. The summed E-state index contributed by atoms with van der Waals surface area (Å²) in [6.07, 6.45) is 0. The fourth-order valence-electron chi connectivity index (χ4n) is 1.92. The van der Waals surface area contributed by atoms with Crippen molar-refractivity contribution in [1.82, 2.24) is 4.90 Å². The minimum atomic E-state index is 0.0509. The summed E-state index contributed by atoms with van der Waals surface area (Å²) in [7, 11) is 1.78. The van der Waals surface area contributed by atoms with E-state index < -0.39 is 0 Å². The van der Waals surface area contributed by atoms with Gasteiger partial charge in [-0.25, -0.2) is 0 Å². The van der Waals surface area contributed by atoms with Crippen molar-refractivity contribution >= 4 is 23.4 Å². The standard InChI is InChI=1S/C16H20N2O2S/c1-11-5-4-6-14(16(11)17)21-10-15(19)18(3)9-13-8-7-12(2)20-13/h4-8H,9-10,17H2,1-3H3. The number of hydrogen-bond acceptors (Lipinski definition) is 4. The fraction of sp³-hybridized carbons (Fsp3) is 0.312. The zero-order valence-corrected chi connectivity index (χ0v) is 13.4. The van der Waals surface area contributed by atoms with Gasteiger partial charge in [0.25, 0.3) is 0 Å². The molecule has 0 aliphatic heterocycles. The lowest BCUT2D eigenvalue weighted by Crippen LogP contribution is -2.27. The SMILES string of the molecule is Cc1ccc(CN(C)C(=O)CSc2cccc(C)c2N)o1. The normalized spacial score (nSPS) is 10.6. The molecule has 0 spiro atoms. The molecule has 0 radical (unpaired) electrons. The van der Waals surface area contributed by atoms with Gasteiger partial charge >= 0.3 is 0 Å². The second kappa shape index (κ2) is 6.72. The summed E-state index contributed by atoms with van der Waals surface area (Å²) in [6, 6.07) is 9.65. The molecule has 2 rings (SSSR count). The van der Waals surface area contributed by atoms with Crippen LogP contribution in [0.1, 0.15) is 17.1 Å². The highest BCUT2D eigenvalue weighted by molar-refractivity contribution is 8.00. The number of anilines is 1. The second-order valence-corrected chi connectivity index (χ2v) is 6.05. The number of aryl methyl sites for hydroxylation is 2. The third-order valence-electron chi connectivity index (χ3n) is 3.25. The van der Waals surface area contributed by atoms with Crippen molar-refractivity contribution in [1.29, 1.82) is 0 Å². The van der Waals surface area contributed by atoms with E-state index in [0.29, 0.717) is 12.3 Å². The third kappa shape index (κ3) is 4.04. The van der Waals surface area contributed by atoms with Crippen LogP contribution in [-0.2, 0) is 11.3 Å². The number of thioether (sulfide) groups is 1. The Morgan fingerprint density at radius 2 is 2.05 bits per heavy atom. The van der Waals surface area contributed by atoms with E-state index in [9.17, 15) is 4.79 Å². The molecule has 0 bridgehead atoms. The van der Waals surface area contributed by atoms with E-state index in [1.807, 2.05) is 44.2 Å². The number of hydrogen-bond donors (Lipinski definition) is 1. The summed E-state index contributed by atoms with van der Waals surface area (Å²) in [5, 5.41) is 0. The molecule has 1 aromatic heterocycles. The lowest BCUT2D eigenvalue weighted by atomic mass is 10.2. The van der Waals surface area contributed by atoms with Crippen LogP contribution in [0.2, 0.25) is 0 Å². The first-order valence-corrected chi connectivity index (χ1v) is 7.73. The van der Waals surface area contributed by atoms with E-state index in [1.165, 1.54) is 11.8 Å². The van der Waals surface area contributed by atoms with Crippen molar-refractivity contribution in [3.05, 3.63) is 47.4 Å². The maximum Gasteiger partial charge on any atom is 0.233 e. The fourth-order valence-corrected chi connectivity index (χ4v) is 2.91. The maximum atomic E-state index is 12.1. The zero-order chi connectivity index (χ0) is 15.4. The molecule has 0 fully saturated rings. The highest BCUT2D eigenvalue weighted by Crippen LogP contribution is 2.27. The van der Waals surface area contributed by atoms with Crippen LogP contribution in [0.3, 0.4) is 0 Å². The van der Waals surface area contributed by atoms with Crippen LogP contribution in [0, 0.1) is 13.8 Å². The summed E-state index contributed by atoms with van der Waals surface area (Å²) in [5.74, 6) is 2.07. The molecule has 0 saturated heterocycles. The van der Waals surface area contributed by atoms with Crippen LogP contribution < -0.4 is 5.73 Å². The van der Waals surface area contributed by atoms with Gasteiger partial charge in [0.15, 0.2) is 0 Å². The predicted molar refractivity (Wildman–Crippen MR) is 86.2 cm³/mol. The molecule has 112 valence electrons. The first kappa shape index (κ1) is 15.5. The molecule has 5 heteroatoms. The van der Waals surface area contributed by atoms with Crippen LogP contribution in [0.15, 0.2) is 39.6 Å². The zero-order valence-electron chi connectivity index (χ0n) is 12.6. The predicted octanol–water partition coefficient (Wildman–Crippen LogP) is 3.23. The molecule has 4 nitrogen and oxygen atoms in total. The van der Waals surface area contributed by atoms with Gasteiger partial charge in [-0.05, 0) is 37.6 Å². The number of nitrogens with two attached hydrogens (primary N) is 1. The van der Waals surface area contributed by atoms with Crippen molar-refractivity contribution < 1.29 is 9.21 Å². The summed E-state index contributed by atoms with van der Waals surface area (Å²) in [4.78, 5) is 14.8. The largest absolute Gasteiger partial charge is 0.464 e. The Hall–Kier alpha value is -1.88. The highest BCUT2D eigenvalue weighted by atomic mass is 32.2. The van der Waals surface area contributed by atoms with Gasteiger partial charge in [0.2, 0.25) is 5.91 Å². The Morgan fingerprint density at radius 1 is 1.29 bits per heavy atom. The molecule has 1 amide bonds. The summed E-state index contributed by atoms with van der Waals surface area (Å²) in [5.41, 5.74) is 7.79. The van der Waals surface area contributed by atoms with Crippen LogP contribution in [0.5, 0.6) is 0 Å². The van der Waals surface area contributed by atoms with Crippen LogP contribution in [0.25, 0.3) is 0 Å². The number of benzene rings is 1. The molecular weight excluding hydrogens is 284 g/mol. The van der Waals surface area contributed by atoms with E-state index in [0.717, 1.165) is 27.7 Å². The Morgan fingerprint density at radius 3 is 2.71 bits per heavy atom. The average molecular weight is 304 g/mol. The van der Waals surface area contributed by atoms with Crippen molar-refractivity contribution in [3.8, 4) is 0 Å². The number of nitrogen functional groups attached to an aromatic ring is 1. The highest BCUT2D eigenvalue weighted by Gasteiger charge is 2.12. The van der Waals surface area contributed by atoms with Gasteiger partial charge in [-0.15, -0.1) is 11.8 Å². The van der Waals surface area contributed by atoms with Gasteiger partial charge in [-0.2, -0.15) is 0 Å². The summed E-state index contributed by atoms with van der Waals surface area (Å²) >= 11 is 1.47. The van der Waals surface area contributed by atoms with Crippen molar-refractivity contribution in [2.45, 2.75) is 25.3 Å². The number of carbonyl (C=O) groups is 1. The maximum absolute atomic E-state index is 12.1. The molecule has 0 unspecified atom stereocenters. The van der Waals surface area contributed by atoms with Gasteiger partial charge in [0.05, 0.1) is 12.3 Å². The van der Waals surface area contributed by atoms with E-state index in [2.05, 4.69) is 0 Å². The molecule has 1 heterocycles. The van der Waals surface area contributed by atoms with E-state index in [1.54, 1.807) is 11.9 Å². The topological polar surface area (TPSA) is 59.5 Å². The quantitative estimate of drug-likeness (QED) is 0.680. The molecule has 0 atom stereocenters. The van der Waals surface area contributed by atoms with Crippen LogP contribution in [-0.4, -0.2) is 23.6 Å². The average Bonchev–Trinajstić information content (AvgIpc) is 2.85. The Labute approximate surface area is 129 Å². The molecule has 21 heavy (non-hydrogen) atoms. The monoisotopic (exact) mass is 304 g/mol. The summed E-state index contributed by atoms with van der Waals surface area (Å²) in [6.45, 7) is 4.34. The van der Waals surface area contributed by atoms with Crippen LogP contribution >= 0.6 is 11.8 Å². The van der Waals surface area contributed by atoms with Gasteiger partial charge in [-0.1, -0.05) is 12.1 Å². The first-order chi connectivity index (χ1) is 9.97. The van der Waals surface area contributed by atoms with E-state index >= 15 is 0 Å².